The zero-order valence-corrected chi connectivity index (χ0v) is 12.1. The molecule has 2 heterocycles. The number of anilines is 2. The van der Waals surface area contributed by atoms with Gasteiger partial charge in [0.05, 0.1) is 17.2 Å². The molecule has 1 aliphatic heterocycles. The molecule has 0 bridgehead atoms. The van der Waals surface area contributed by atoms with E-state index in [2.05, 4.69) is 0 Å². The zero-order valence-electron chi connectivity index (χ0n) is 11.3. The number of nitrogens with two attached hydrogens (primary N) is 1. The molecule has 20 heavy (non-hydrogen) atoms. The number of carbonyl (C=O) groups is 1. The molecule has 0 aliphatic carbocycles. The van der Waals surface area contributed by atoms with Crippen molar-refractivity contribution in [3.05, 3.63) is 40.1 Å². The predicted molar refractivity (Wildman–Crippen MR) is 81.7 cm³/mol. The first kappa shape index (κ1) is 13.0. The molecule has 5 heteroatoms. The van der Waals surface area contributed by atoms with Crippen LogP contribution in [0.4, 0.5) is 11.4 Å². The summed E-state index contributed by atoms with van der Waals surface area (Å²) in [4.78, 5) is 16.1. The van der Waals surface area contributed by atoms with Crippen LogP contribution < -0.4 is 15.4 Å². The maximum atomic E-state index is 12.7. The van der Waals surface area contributed by atoms with E-state index in [-0.39, 0.29) is 5.91 Å². The number of nitrogen functional groups attached to an aromatic ring is 1. The normalized spacial score (nSPS) is 14.3. The molecular weight excluding hydrogens is 272 g/mol. The quantitative estimate of drug-likeness (QED) is 0.877. The highest BCUT2D eigenvalue weighted by Crippen LogP contribution is 2.33. The summed E-state index contributed by atoms with van der Waals surface area (Å²) in [5.74, 6) is 0.757. The second-order valence-corrected chi connectivity index (χ2v) is 6.01. The maximum Gasteiger partial charge on any atom is 0.268 e. The summed E-state index contributed by atoms with van der Waals surface area (Å²) >= 11 is 1.44. The SMILES string of the molecule is Cc1sc(C(=O)N2CCCOc3ccccc32)cc1N. The van der Waals surface area contributed by atoms with Crippen LogP contribution in [0.5, 0.6) is 5.75 Å². The lowest BCUT2D eigenvalue weighted by molar-refractivity contribution is 0.0991. The third-order valence-electron chi connectivity index (χ3n) is 3.35. The molecule has 2 N–H and O–H groups in total. The molecule has 0 saturated carbocycles. The van der Waals surface area contributed by atoms with Gasteiger partial charge < -0.3 is 15.4 Å². The Hall–Kier alpha value is -2.01. The molecule has 0 fully saturated rings. The zero-order chi connectivity index (χ0) is 14.1. The minimum Gasteiger partial charge on any atom is -0.491 e. The number of rotatable bonds is 1. The number of para-hydroxylation sites is 2. The van der Waals surface area contributed by atoms with E-state index in [9.17, 15) is 4.79 Å². The van der Waals surface area contributed by atoms with Gasteiger partial charge >= 0.3 is 0 Å². The first-order valence-electron chi connectivity index (χ1n) is 6.56. The van der Waals surface area contributed by atoms with Crippen molar-refractivity contribution in [3.8, 4) is 5.75 Å². The molecule has 4 nitrogen and oxygen atoms in total. The number of aryl methyl sites for hydroxylation is 1. The van der Waals surface area contributed by atoms with E-state index in [4.69, 9.17) is 10.5 Å². The standard InChI is InChI=1S/C15H16N2O2S/c1-10-11(16)9-14(20-10)15(18)17-7-4-8-19-13-6-3-2-5-12(13)17/h2-3,5-6,9H,4,7-8,16H2,1H3. The van der Waals surface area contributed by atoms with Gasteiger partial charge in [-0.3, -0.25) is 4.79 Å². The van der Waals surface area contributed by atoms with Crippen molar-refractivity contribution in [3.63, 3.8) is 0 Å². The third kappa shape index (κ3) is 2.25. The van der Waals surface area contributed by atoms with Crippen molar-refractivity contribution in [2.45, 2.75) is 13.3 Å². The van der Waals surface area contributed by atoms with Gasteiger partial charge in [0.15, 0.2) is 0 Å². The summed E-state index contributed by atoms with van der Waals surface area (Å²) in [6, 6.07) is 9.41. The number of hydrogen-bond acceptors (Lipinski definition) is 4. The number of benzene rings is 1. The van der Waals surface area contributed by atoms with E-state index in [1.54, 1.807) is 11.0 Å². The lowest BCUT2D eigenvalue weighted by atomic mass is 10.2. The van der Waals surface area contributed by atoms with E-state index in [0.717, 1.165) is 22.7 Å². The first-order chi connectivity index (χ1) is 9.66. The number of nitrogens with zero attached hydrogens (tertiary/aromatic N) is 1. The highest BCUT2D eigenvalue weighted by atomic mass is 32.1. The number of hydrogen-bond donors (Lipinski definition) is 1. The Labute approximate surface area is 121 Å². The van der Waals surface area contributed by atoms with E-state index < -0.39 is 0 Å². The second-order valence-electron chi connectivity index (χ2n) is 4.75. The molecule has 1 aromatic heterocycles. The lowest BCUT2D eigenvalue weighted by Gasteiger charge is -2.20. The minimum atomic E-state index is -0.00671. The Kier molecular flexibility index (Phi) is 3.36. The van der Waals surface area contributed by atoms with E-state index in [1.807, 2.05) is 31.2 Å². The number of amides is 1. The average molecular weight is 288 g/mol. The van der Waals surface area contributed by atoms with Crippen LogP contribution in [0.15, 0.2) is 30.3 Å². The molecule has 3 rings (SSSR count). The fourth-order valence-corrected chi connectivity index (χ4v) is 3.16. The largest absolute Gasteiger partial charge is 0.491 e. The van der Waals surface area contributed by atoms with E-state index in [1.165, 1.54) is 11.3 Å². The molecule has 0 unspecified atom stereocenters. The molecular formula is C15H16N2O2S. The summed E-state index contributed by atoms with van der Waals surface area (Å²) in [5, 5.41) is 0. The molecule has 0 radical (unpaired) electrons. The molecule has 2 aromatic rings. The monoisotopic (exact) mass is 288 g/mol. The molecule has 0 spiro atoms. The predicted octanol–water partition coefficient (Wildman–Crippen LogP) is 3.07. The molecule has 1 aromatic carbocycles. The van der Waals surface area contributed by atoms with Crippen molar-refractivity contribution < 1.29 is 9.53 Å². The highest BCUT2D eigenvalue weighted by Gasteiger charge is 2.24. The van der Waals surface area contributed by atoms with Crippen molar-refractivity contribution in [2.75, 3.05) is 23.8 Å². The van der Waals surface area contributed by atoms with Crippen molar-refractivity contribution in [1.29, 1.82) is 0 Å². The van der Waals surface area contributed by atoms with Gasteiger partial charge in [0.25, 0.3) is 5.91 Å². The molecule has 0 saturated heterocycles. The van der Waals surface area contributed by atoms with E-state index in [0.29, 0.717) is 23.7 Å². The van der Waals surface area contributed by atoms with Crippen LogP contribution in [0.2, 0.25) is 0 Å². The van der Waals surface area contributed by atoms with Crippen LogP contribution in [0.1, 0.15) is 21.0 Å². The fraction of sp³-hybridized carbons (Fsp3) is 0.267. The Balaban J connectivity index is 1.99. The number of carbonyl (C=O) groups excluding carboxylic acids is 1. The number of thiophene rings is 1. The number of ether oxygens (including phenoxy) is 1. The van der Waals surface area contributed by atoms with Crippen molar-refractivity contribution >= 4 is 28.6 Å². The van der Waals surface area contributed by atoms with Gasteiger partial charge in [-0.05, 0) is 31.5 Å². The Morgan fingerprint density at radius 3 is 2.95 bits per heavy atom. The summed E-state index contributed by atoms with van der Waals surface area (Å²) < 4.78 is 5.68. The fourth-order valence-electron chi connectivity index (χ4n) is 2.27. The summed E-state index contributed by atoms with van der Waals surface area (Å²) in [6.07, 6.45) is 0.820. The van der Waals surface area contributed by atoms with Gasteiger partial charge in [0, 0.05) is 17.1 Å². The minimum absolute atomic E-state index is 0.00671. The van der Waals surface area contributed by atoms with Gasteiger partial charge in [0.1, 0.15) is 5.75 Å². The Bertz CT molecular complexity index is 632. The van der Waals surface area contributed by atoms with Gasteiger partial charge in [0.2, 0.25) is 0 Å². The van der Waals surface area contributed by atoms with Crippen LogP contribution in [0, 0.1) is 6.92 Å². The summed E-state index contributed by atoms with van der Waals surface area (Å²) in [7, 11) is 0. The van der Waals surface area contributed by atoms with Crippen LogP contribution in [0.25, 0.3) is 0 Å². The van der Waals surface area contributed by atoms with Crippen LogP contribution in [-0.4, -0.2) is 19.1 Å². The average Bonchev–Trinajstić information content (AvgIpc) is 2.68. The molecule has 1 aliphatic rings. The molecule has 0 atom stereocenters. The van der Waals surface area contributed by atoms with Crippen LogP contribution in [-0.2, 0) is 0 Å². The molecule has 104 valence electrons. The summed E-state index contributed by atoms with van der Waals surface area (Å²) in [5.41, 5.74) is 7.36. The highest BCUT2D eigenvalue weighted by molar-refractivity contribution is 7.14. The number of fused-ring (bicyclic) bond motifs is 1. The lowest BCUT2D eigenvalue weighted by Crippen LogP contribution is -2.30. The summed E-state index contributed by atoms with van der Waals surface area (Å²) in [6.45, 7) is 3.22. The maximum absolute atomic E-state index is 12.7. The first-order valence-corrected chi connectivity index (χ1v) is 7.38. The van der Waals surface area contributed by atoms with Crippen LogP contribution >= 0.6 is 11.3 Å². The topological polar surface area (TPSA) is 55.6 Å². The molecule has 1 amide bonds. The van der Waals surface area contributed by atoms with E-state index >= 15 is 0 Å². The Morgan fingerprint density at radius 1 is 1.40 bits per heavy atom. The van der Waals surface area contributed by atoms with Gasteiger partial charge in [-0.2, -0.15) is 0 Å². The third-order valence-corrected chi connectivity index (χ3v) is 4.41. The van der Waals surface area contributed by atoms with Gasteiger partial charge in [-0.25, -0.2) is 0 Å². The van der Waals surface area contributed by atoms with Crippen molar-refractivity contribution in [1.82, 2.24) is 0 Å². The van der Waals surface area contributed by atoms with Gasteiger partial charge in [-0.1, -0.05) is 12.1 Å². The second kappa shape index (κ2) is 5.17. The van der Waals surface area contributed by atoms with Crippen molar-refractivity contribution in [2.24, 2.45) is 0 Å². The smallest absolute Gasteiger partial charge is 0.268 e. The van der Waals surface area contributed by atoms with Gasteiger partial charge in [-0.15, -0.1) is 11.3 Å². The van der Waals surface area contributed by atoms with Crippen LogP contribution in [0.3, 0.4) is 0 Å². The Morgan fingerprint density at radius 2 is 2.20 bits per heavy atom.